The van der Waals surface area contributed by atoms with Gasteiger partial charge in [-0.05, 0) is 18.2 Å². The Kier molecular flexibility index (Phi) is 3.66. The van der Waals surface area contributed by atoms with E-state index >= 15 is 0 Å². The van der Waals surface area contributed by atoms with Crippen LogP contribution >= 0.6 is 0 Å². The van der Waals surface area contributed by atoms with Gasteiger partial charge in [0.15, 0.2) is 0 Å². The smallest absolute Gasteiger partial charge is 0.497 e. The Morgan fingerprint density at radius 1 is 1.25 bits per heavy atom. The average Bonchev–Trinajstić information content (AvgIpc) is 2.15. The maximum atomic E-state index is 12.0. The van der Waals surface area contributed by atoms with Crippen LogP contribution in [0.5, 0.6) is 11.5 Å². The summed E-state index contributed by atoms with van der Waals surface area (Å²) in [4.78, 5) is 0. The monoisotopic (exact) mass is 236 g/mol. The van der Waals surface area contributed by atoms with Crippen molar-refractivity contribution in [2.45, 2.75) is 6.36 Å². The molecule has 0 saturated heterocycles. The first-order valence-corrected chi connectivity index (χ1v) is 4.13. The van der Waals surface area contributed by atoms with Crippen LogP contribution in [0, 0.1) is 0 Å². The number of hydrogen-bond donors (Lipinski definition) is 2. The van der Waals surface area contributed by atoms with Gasteiger partial charge in [-0.25, -0.2) is 0 Å². The molecule has 0 spiro atoms. The normalized spacial score (nSPS) is 11.1. The highest BCUT2D eigenvalue weighted by Gasteiger charge is 2.33. The van der Waals surface area contributed by atoms with E-state index < -0.39 is 24.7 Å². The molecule has 16 heavy (non-hydrogen) atoms. The second kappa shape index (κ2) is 4.62. The molecular weight excluding hydrogens is 228 g/mol. The third kappa shape index (κ3) is 3.32. The zero-order valence-corrected chi connectivity index (χ0v) is 8.15. The van der Waals surface area contributed by atoms with Gasteiger partial charge in [0.1, 0.15) is 11.5 Å². The van der Waals surface area contributed by atoms with Crippen molar-refractivity contribution in [1.82, 2.24) is 0 Å². The van der Waals surface area contributed by atoms with Crippen LogP contribution in [0.2, 0.25) is 0 Å². The minimum atomic E-state index is -4.89. The molecule has 0 atom stereocenters. The lowest BCUT2D eigenvalue weighted by molar-refractivity contribution is -0.274. The second-order valence-corrected chi connectivity index (χ2v) is 2.83. The van der Waals surface area contributed by atoms with Gasteiger partial charge >= 0.3 is 13.5 Å². The molecule has 0 heterocycles. The fraction of sp³-hybridized carbons (Fsp3) is 0.250. The molecule has 4 nitrogen and oxygen atoms in total. The summed E-state index contributed by atoms with van der Waals surface area (Å²) in [6, 6.07) is 3.21. The lowest BCUT2D eigenvalue weighted by Crippen LogP contribution is -2.33. The molecule has 0 aliphatic carbocycles. The highest BCUT2D eigenvalue weighted by Crippen LogP contribution is 2.23. The summed E-state index contributed by atoms with van der Waals surface area (Å²) < 4.78 is 44.2. The summed E-state index contributed by atoms with van der Waals surface area (Å²) in [6.07, 6.45) is -4.89. The Morgan fingerprint density at radius 3 is 2.31 bits per heavy atom. The summed E-state index contributed by atoms with van der Waals surface area (Å²) in [5, 5.41) is 17.7. The largest absolute Gasteiger partial charge is 0.573 e. The summed E-state index contributed by atoms with van der Waals surface area (Å²) in [7, 11) is -0.778. The Balaban J connectivity index is 3.08. The van der Waals surface area contributed by atoms with Crippen molar-refractivity contribution in [3.63, 3.8) is 0 Å². The fourth-order valence-electron chi connectivity index (χ4n) is 1.07. The molecule has 0 amide bonds. The molecule has 0 aromatic heterocycles. The van der Waals surface area contributed by atoms with E-state index in [2.05, 4.69) is 4.74 Å². The topological polar surface area (TPSA) is 58.9 Å². The highest BCUT2D eigenvalue weighted by atomic mass is 19.4. The van der Waals surface area contributed by atoms with Crippen LogP contribution in [0.15, 0.2) is 18.2 Å². The Morgan fingerprint density at radius 2 is 1.88 bits per heavy atom. The minimum absolute atomic E-state index is 0.192. The Hall–Kier alpha value is -1.41. The van der Waals surface area contributed by atoms with E-state index in [9.17, 15) is 13.2 Å². The number of methoxy groups -OCH3 is 1. The minimum Gasteiger partial charge on any atom is -0.497 e. The molecule has 0 unspecified atom stereocenters. The molecule has 1 aromatic rings. The zero-order valence-electron chi connectivity index (χ0n) is 8.15. The van der Waals surface area contributed by atoms with E-state index in [1.54, 1.807) is 0 Å². The third-order valence-corrected chi connectivity index (χ3v) is 1.72. The number of ether oxygens (including phenoxy) is 2. The van der Waals surface area contributed by atoms with Gasteiger partial charge in [-0.3, -0.25) is 0 Å². The number of halogens is 3. The molecule has 8 heteroatoms. The van der Waals surface area contributed by atoms with Gasteiger partial charge in [-0.2, -0.15) is 0 Å². The first kappa shape index (κ1) is 12.7. The quantitative estimate of drug-likeness (QED) is 0.739. The van der Waals surface area contributed by atoms with Crippen LogP contribution in [-0.4, -0.2) is 30.6 Å². The Labute approximate surface area is 89.4 Å². The van der Waals surface area contributed by atoms with E-state index in [4.69, 9.17) is 14.8 Å². The molecular formula is C8H8BF3O4. The molecule has 0 aliphatic rings. The van der Waals surface area contributed by atoms with Crippen LogP contribution in [0.4, 0.5) is 13.2 Å². The molecule has 0 fully saturated rings. The molecule has 0 bridgehead atoms. The van der Waals surface area contributed by atoms with Gasteiger partial charge in [0, 0.05) is 5.46 Å². The van der Waals surface area contributed by atoms with Crippen molar-refractivity contribution in [3.8, 4) is 11.5 Å². The molecule has 0 aliphatic heterocycles. The van der Waals surface area contributed by atoms with Crippen LogP contribution in [0.1, 0.15) is 0 Å². The predicted molar refractivity (Wildman–Crippen MR) is 49.5 cm³/mol. The van der Waals surface area contributed by atoms with Gasteiger partial charge < -0.3 is 19.5 Å². The van der Waals surface area contributed by atoms with Gasteiger partial charge in [0.2, 0.25) is 0 Å². The summed E-state index contributed by atoms with van der Waals surface area (Å²) >= 11 is 0. The van der Waals surface area contributed by atoms with Gasteiger partial charge in [-0.15, -0.1) is 13.2 Å². The van der Waals surface area contributed by atoms with Gasteiger partial charge in [0.25, 0.3) is 0 Å². The average molecular weight is 236 g/mol. The van der Waals surface area contributed by atoms with E-state index in [1.165, 1.54) is 13.2 Å². The van der Waals surface area contributed by atoms with Crippen LogP contribution in [0.25, 0.3) is 0 Å². The third-order valence-electron chi connectivity index (χ3n) is 1.72. The van der Waals surface area contributed by atoms with Crippen molar-refractivity contribution in [1.29, 1.82) is 0 Å². The molecule has 0 saturated carbocycles. The van der Waals surface area contributed by atoms with E-state index in [1.807, 2.05) is 0 Å². The van der Waals surface area contributed by atoms with Crippen molar-refractivity contribution in [3.05, 3.63) is 18.2 Å². The molecule has 2 N–H and O–H groups in total. The Bertz CT molecular complexity index is 367. The molecule has 1 rings (SSSR count). The van der Waals surface area contributed by atoms with E-state index in [0.717, 1.165) is 12.1 Å². The first-order chi connectivity index (χ1) is 7.33. The highest BCUT2D eigenvalue weighted by molar-refractivity contribution is 6.59. The standard InChI is InChI=1S/C8H8BF3O4/c1-15-5-2-3-7(16-8(10,11)12)6(4-5)9(13)14/h2-4,13-14H,1H3. The first-order valence-electron chi connectivity index (χ1n) is 4.13. The van der Waals surface area contributed by atoms with E-state index in [0.29, 0.717) is 0 Å². The lowest BCUT2D eigenvalue weighted by atomic mass is 9.79. The molecule has 1 aromatic carbocycles. The van der Waals surface area contributed by atoms with Gasteiger partial charge in [-0.1, -0.05) is 0 Å². The fourth-order valence-corrected chi connectivity index (χ4v) is 1.07. The number of rotatable bonds is 3. The van der Waals surface area contributed by atoms with Crippen LogP contribution < -0.4 is 14.9 Å². The number of hydrogen-bond acceptors (Lipinski definition) is 4. The van der Waals surface area contributed by atoms with Crippen molar-refractivity contribution in [2.75, 3.05) is 7.11 Å². The zero-order chi connectivity index (χ0) is 12.3. The maximum Gasteiger partial charge on any atom is 0.573 e. The van der Waals surface area contributed by atoms with Crippen molar-refractivity contribution in [2.24, 2.45) is 0 Å². The number of benzene rings is 1. The molecule has 88 valence electrons. The SMILES string of the molecule is COc1ccc(OC(F)(F)F)c(B(O)O)c1. The van der Waals surface area contributed by atoms with Crippen molar-refractivity contribution >= 4 is 12.6 Å². The van der Waals surface area contributed by atoms with Gasteiger partial charge in [0.05, 0.1) is 7.11 Å². The number of alkyl halides is 3. The maximum absolute atomic E-state index is 12.0. The lowest BCUT2D eigenvalue weighted by Gasteiger charge is -2.13. The summed E-state index contributed by atoms with van der Waals surface area (Å²) in [5.74, 6) is -0.485. The summed E-state index contributed by atoms with van der Waals surface area (Å²) in [5.41, 5.74) is -0.420. The second-order valence-electron chi connectivity index (χ2n) is 2.83. The predicted octanol–water partition coefficient (Wildman–Crippen LogP) is 0.274. The van der Waals surface area contributed by atoms with Crippen molar-refractivity contribution < 1.29 is 32.7 Å². The van der Waals surface area contributed by atoms with Crippen LogP contribution in [-0.2, 0) is 0 Å². The molecule has 0 radical (unpaired) electrons. The van der Waals surface area contributed by atoms with Crippen LogP contribution in [0.3, 0.4) is 0 Å². The summed E-state index contributed by atoms with van der Waals surface area (Å²) in [6.45, 7) is 0. The van der Waals surface area contributed by atoms with E-state index in [-0.39, 0.29) is 5.75 Å².